The highest BCUT2D eigenvalue weighted by molar-refractivity contribution is 7.93. The van der Waals surface area contributed by atoms with Crippen molar-refractivity contribution in [3.8, 4) is 0 Å². The third-order valence-electron chi connectivity index (χ3n) is 6.13. The zero-order chi connectivity index (χ0) is 23.3. The van der Waals surface area contributed by atoms with Crippen molar-refractivity contribution < 1.29 is 17.9 Å². The lowest BCUT2D eigenvalue weighted by Crippen LogP contribution is -2.43. The normalized spacial score (nSPS) is 19.6. The largest absolute Gasteiger partial charge is 0.379 e. The Hall–Kier alpha value is -2.68. The summed E-state index contributed by atoms with van der Waals surface area (Å²) in [5, 5.41) is 3.03. The van der Waals surface area contributed by atoms with Gasteiger partial charge in [-0.05, 0) is 42.7 Å². The summed E-state index contributed by atoms with van der Waals surface area (Å²) in [5.74, 6) is 0.0367. The van der Waals surface area contributed by atoms with E-state index in [0.29, 0.717) is 38.4 Å². The van der Waals surface area contributed by atoms with Gasteiger partial charge in [0.25, 0.3) is 0 Å². The summed E-state index contributed by atoms with van der Waals surface area (Å²) in [5.41, 5.74) is 3.90. The average molecular weight is 470 g/mol. The van der Waals surface area contributed by atoms with Crippen LogP contribution in [0.2, 0.25) is 0 Å². The molecule has 0 radical (unpaired) electrons. The highest BCUT2D eigenvalue weighted by Gasteiger charge is 2.28. The molecule has 1 unspecified atom stereocenters. The summed E-state index contributed by atoms with van der Waals surface area (Å²) in [4.78, 5) is 14.9. The smallest absolute Gasteiger partial charge is 0.244 e. The van der Waals surface area contributed by atoms with E-state index in [2.05, 4.69) is 41.4 Å². The molecule has 2 aromatic rings. The fraction of sp³-hybridized carbons (Fsp3) is 0.400. The predicted octanol–water partition coefficient (Wildman–Crippen LogP) is 2.74. The Morgan fingerprint density at radius 1 is 1.06 bits per heavy atom. The Morgan fingerprint density at radius 2 is 1.76 bits per heavy atom. The molecule has 176 valence electrons. The number of rotatable bonds is 7. The van der Waals surface area contributed by atoms with Crippen molar-refractivity contribution in [2.24, 2.45) is 0 Å². The van der Waals surface area contributed by atoms with Crippen LogP contribution in [0.3, 0.4) is 0 Å². The second-order valence-electron chi connectivity index (χ2n) is 8.49. The van der Waals surface area contributed by atoms with Gasteiger partial charge in [0.1, 0.15) is 0 Å². The predicted molar refractivity (Wildman–Crippen MR) is 131 cm³/mol. The maximum Gasteiger partial charge on any atom is 0.244 e. The number of hydrogen-bond donors (Lipinski definition) is 1. The van der Waals surface area contributed by atoms with Crippen molar-refractivity contribution in [2.45, 2.75) is 19.4 Å². The first-order chi connectivity index (χ1) is 15.9. The van der Waals surface area contributed by atoms with Gasteiger partial charge < -0.3 is 10.1 Å². The number of anilines is 1. The number of benzene rings is 2. The number of carbonyl (C=O) groups excluding carboxylic acids is 1. The van der Waals surface area contributed by atoms with Gasteiger partial charge in [-0.3, -0.25) is 14.0 Å². The lowest BCUT2D eigenvalue weighted by atomic mass is 10.0. The van der Waals surface area contributed by atoms with Crippen molar-refractivity contribution in [1.29, 1.82) is 0 Å². The number of nitrogens with one attached hydrogen (secondary N) is 1. The highest BCUT2D eigenvalue weighted by Crippen LogP contribution is 2.25. The van der Waals surface area contributed by atoms with Gasteiger partial charge in [-0.1, -0.05) is 42.0 Å². The molecule has 0 aliphatic carbocycles. The lowest BCUT2D eigenvalue weighted by molar-refractivity contribution is -0.116. The van der Waals surface area contributed by atoms with Gasteiger partial charge in [0.15, 0.2) is 0 Å². The van der Waals surface area contributed by atoms with Crippen LogP contribution in [0.1, 0.15) is 29.2 Å². The number of hydrogen-bond acceptors (Lipinski definition) is 5. The van der Waals surface area contributed by atoms with Gasteiger partial charge in [0.2, 0.25) is 15.9 Å². The molecule has 33 heavy (non-hydrogen) atoms. The summed E-state index contributed by atoms with van der Waals surface area (Å²) < 4.78 is 31.1. The SMILES string of the molecule is Cc1ccc(C(CNC(=O)/C=C/c2ccc(N3CCCS3(=O)=O)cc2)N2CCOCC2)cc1. The third-order valence-corrected chi connectivity index (χ3v) is 8.00. The molecule has 2 aliphatic rings. The Labute approximate surface area is 196 Å². The number of amides is 1. The second kappa shape index (κ2) is 10.5. The molecule has 8 heteroatoms. The molecule has 0 saturated carbocycles. The molecule has 0 aromatic heterocycles. The van der Waals surface area contributed by atoms with Crippen LogP contribution in [-0.2, 0) is 19.6 Å². The quantitative estimate of drug-likeness (QED) is 0.631. The maximum atomic E-state index is 12.5. The van der Waals surface area contributed by atoms with E-state index in [9.17, 15) is 13.2 Å². The lowest BCUT2D eigenvalue weighted by Gasteiger charge is -2.35. The number of morpholine rings is 1. The fourth-order valence-corrected chi connectivity index (χ4v) is 5.81. The zero-order valence-electron chi connectivity index (χ0n) is 18.9. The minimum Gasteiger partial charge on any atom is -0.379 e. The molecule has 0 spiro atoms. The Morgan fingerprint density at radius 3 is 2.39 bits per heavy atom. The number of aryl methyl sites for hydroxylation is 1. The van der Waals surface area contributed by atoms with Crippen LogP contribution < -0.4 is 9.62 Å². The second-order valence-corrected chi connectivity index (χ2v) is 10.5. The topological polar surface area (TPSA) is 79.0 Å². The van der Waals surface area contributed by atoms with E-state index in [4.69, 9.17) is 4.74 Å². The standard InChI is InChI=1S/C25H31N3O4S/c1-20-3-8-22(9-4-20)24(27-14-16-32-17-15-27)19-26-25(29)12-7-21-5-10-23(11-6-21)28-13-2-18-33(28,30)31/h3-12,24H,2,13-19H2,1H3,(H,26,29)/b12-7+. The molecule has 2 saturated heterocycles. The molecular formula is C25H31N3O4S. The summed E-state index contributed by atoms with van der Waals surface area (Å²) in [6.45, 7) is 6.17. The van der Waals surface area contributed by atoms with E-state index in [0.717, 1.165) is 18.7 Å². The van der Waals surface area contributed by atoms with Gasteiger partial charge in [-0.2, -0.15) is 0 Å². The van der Waals surface area contributed by atoms with Crippen molar-refractivity contribution in [3.63, 3.8) is 0 Å². The number of nitrogens with zero attached hydrogens (tertiary/aromatic N) is 2. The van der Waals surface area contributed by atoms with Crippen LogP contribution >= 0.6 is 0 Å². The van der Waals surface area contributed by atoms with Crippen LogP contribution in [0.5, 0.6) is 0 Å². The molecule has 0 bridgehead atoms. The minimum atomic E-state index is -3.19. The number of carbonyl (C=O) groups is 1. The fourth-order valence-electron chi connectivity index (χ4n) is 4.24. The minimum absolute atomic E-state index is 0.0912. The monoisotopic (exact) mass is 469 g/mol. The summed E-state index contributed by atoms with van der Waals surface area (Å²) in [6.07, 6.45) is 3.92. The van der Waals surface area contributed by atoms with Crippen molar-refractivity contribution in [2.75, 3.05) is 49.5 Å². The van der Waals surface area contributed by atoms with Gasteiger partial charge in [0.05, 0.1) is 30.7 Å². The summed E-state index contributed by atoms with van der Waals surface area (Å²) >= 11 is 0. The first-order valence-corrected chi connectivity index (χ1v) is 13.0. The van der Waals surface area contributed by atoms with Crippen LogP contribution in [0.25, 0.3) is 6.08 Å². The first kappa shape index (κ1) is 23.5. The molecular weight excluding hydrogens is 438 g/mol. The molecule has 2 heterocycles. The van der Waals surface area contributed by atoms with Crippen molar-refractivity contribution >= 4 is 27.7 Å². The maximum absolute atomic E-state index is 12.5. The molecule has 1 N–H and O–H groups in total. The van der Waals surface area contributed by atoms with Crippen LogP contribution in [0.4, 0.5) is 5.69 Å². The Kier molecular flexibility index (Phi) is 7.47. The number of sulfonamides is 1. The van der Waals surface area contributed by atoms with Gasteiger partial charge >= 0.3 is 0 Å². The van der Waals surface area contributed by atoms with Gasteiger partial charge in [0, 0.05) is 32.3 Å². The van der Waals surface area contributed by atoms with Crippen molar-refractivity contribution in [1.82, 2.24) is 10.2 Å². The average Bonchev–Trinajstić information content (AvgIpc) is 3.19. The molecule has 4 rings (SSSR count). The van der Waals surface area contributed by atoms with Crippen LogP contribution in [-0.4, -0.2) is 64.4 Å². The van der Waals surface area contributed by atoms with E-state index in [1.165, 1.54) is 21.5 Å². The Balaban J connectivity index is 1.37. The molecule has 7 nitrogen and oxygen atoms in total. The van der Waals surface area contributed by atoms with E-state index < -0.39 is 10.0 Å². The van der Waals surface area contributed by atoms with E-state index in [1.807, 2.05) is 12.1 Å². The number of ether oxygens (including phenoxy) is 1. The van der Waals surface area contributed by atoms with Gasteiger partial charge in [-0.25, -0.2) is 8.42 Å². The third kappa shape index (κ3) is 6.01. The van der Waals surface area contributed by atoms with Crippen LogP contribution in [0, 0.1) is 6.92 Å². The highest BCUT2D eigenvalue weighted by atomic mass is 32.2. The van der Waals surface area contributed by atoms with Crippen LogP contribution in [0.15, 0.2) is 54.6 Å². The van der Waals surface area contributed by atoms with E-state index >= 15 is 0 Å². The van der Waals surface area contributed by atoms with E-state index in [-0.39, 0.29) is 17.7 Å². The van der Waals surface area contributed by atoms with Crippen molar-refractivity contribution in [3.05, 3.63) is 71.3 Å². The summed E-state index contributed by atoms with van der Waals surface area (Å²) in [6, 6.07) is 15.8. The first-order valence-electron chi connectivity index (χ1n) is 11.4. The molecule has 1 amide bonds. The molecule has 2 aromatic carbocycles. The Bertz CT molecular complexity index is 1080. The van der Waals surface area contributed by atoms with E-state index in [1.54, 1.807) is 18.2 Å². The zero-order valence-corrected chi connectivity index (χ0v) is 19.8. The summed E-state index contributed by atoms with van der Waals surface area (Å²) in [7, 11) is -3.19. The molecule has 2 aliphatic heterocycles. The van der Waals surface area contributed by atoms with Gasteiger partial charge in [-0.15, -0.1) is 0 Å². The molecule has 1 atom stereocenters. The molecule has 2 fully saturated rings.